The molecule has 5 nitrogen and oxygen atoms in total. The average Bonchev–Trinajstić information content (AvgIpc) is 2.18. The van der Waals surface area contributed by atoms with Crippen LogP contribution in [0, 0.1) is 11.5 Å². The Kier molecular flexibility index (Phi) is 3.53. The van der Waals surface area contributed by atoms with Gasteiger partial charge in [-0.3, -0.25) is 9.69 Å². The second-order valence-electron chi connectivity index (χ2n) is 2.78. The van der Waals surface area contributed by atoms with Crippen LogP contribution in [0.1, 0.15) is 6.92 Å². The van der Waals surface area contributed by atoms with Crippen molar-refractivity contribution in [1.82, 2.24) is 10.2 Å². The summed E-state index contributed by atoms with van der Waals surface area (Å²) >= 11 is 0. The third-order valence-corrected chi connectivity index (χ3v) is 1.91. The van der Waals surface area contributed by atoms with Gasteiger partial charge in [0.15, 0.2) is 6.19 Å². The predicted octanol–water partition coefficient (Wildman–Crippen LogP) is -0.696. The SMILES string of the molecule is CCNC(=O)C1COCCN1C#N. The molecule has 1 aliphatic rings. The monoisotopic (exact) mass is 183 g/mol. The molecule has 1 saturated heterocycles. The first-order chi connectivity index (χ1) is 6.29. The van der Waals surface area contributed by atoms with Crippen molar-refractivity contribution in [2.45, 2.75) is 13.0 Å². The molecule has 0 saturated carbocycles. The lowest BCUT2D eigenvalue weighted by Gasteiger charge is -2.29. The summed E-state index contributed by atoms with van der Waals surface area (Å²) < 4.78 is 5.13. The van der Waals surface area contributed by atoms with Gasteiger partial charge in [-0.2, -0.15) is 5.26 Å². The second kappa shape index (κ2) is 4.67. The van der Waals surface area contributed by atoms with Crippen LogP contribution in [0.3, 0.4) is 0 Å². The molecule has 72 valence electrons. The van der Waals surface area contributed by atoms with E-state index in [1.54, 1.807) is 0 Å². The summed E-state index contributed by atoms with van der Waals surface area (Å²) in [6.07, 6.45) is 1.99. The van der Waals surface area contributed by atoms with Crippen molar-refractivity contribution in [1.29, 1.82) is 5.26 Å². The van der Waals surface area contributed by atoms with E-state index in [1.165, 1.54) is 4.90 Å². The molecule has 1 fully saturated rings. The Morgan fingerprint density at radius 2 is 2.62 bits per heavy atom. The molecule has 0 aromatic carbocycles. The van der Waals surface area contributed by atoms with Gasteiger partial charge in [0, 0.05) is 6.54 Å². The number of carbonyl (C=O) groups excluding carboxylic acids is 1. The van der Waals surface area contributed by atoms with Crippen LogP contribution in [0.15, 0.2) is 0 Å². The van der Waals surface area contributed by atoms with Gasteiger partial charge in [-0.25, -0.2) is 0 Å². The number of carbonyl (C=O) groups is 1. The number of likely N-dealkylation sites (N-methyl/N-ethyl adjacent to an activating group) is 1. The summed E-state index contributed by atoms with van der Waals surface area (Å²) in [5, 5.41) is 11.4. The zero-order valence-electron chi connectivity index (χ0n) is 7.62. The van der Waals surface area contributed by atoms with Crippen molar-refractivity contribution >= 4 is 5.91 Å². The Labute approximate surface area is 77.3 Å². The van der Waals surface area contributed by atoms with E-state index in [-0.39, 0.29) is 5.91 Å². The molecule has 0 aliphatic carbocycles. The van der Waals surface area contributed by atoms with Gasteiger partial charge < -0.3 is 10.1 Å². The maximum absolute atomic E-state index is 11.4. The van der Waals surface area contributed by atoms with Crippen LogP contribution in [0.4, 0.5) is 0 Å². The Morgan fingerprint density at radius 3 is 3.23 bits per heavy atom. The second-order valence-corrected chi connectivity index (χ2v) is 2.78. The third-order valence-electron chi connectivity index (χ3n) is 1.91. The number of nitriles is 1. The Hall–Kier alpha value is -1.28. The number of rotatable bonds is 2. The quantitative estimate of drug-likeness (QED) is 0.575. The molecule has 0 radical (unpaired) electrons. The van der Waals surface area contributed by atoms with E-state index < -0.39 is 6.04 Å². The van der Waals surface area contributed by atoms with E-state index in [9.17, 15) is 4.79 Å². The molecule has 1 atom stereocenters. The number of amides is 1. The van der Waals surface area contributed by atoms with Crippen LogP contribution in [0.25, 0.3) is 0 Å². The predicted molar refractivity (Wildman–Crippen MR) is 45.6 cm³/mol. The van der Waals surface area contributed by atoms with Crippen LogP contribution >= 0.6 is 0 Å². The fourth-order valence-corrected chi connectivity index (χ4v) is 1.23. The molecular weight excluding hydrogens is 170 g/mol. The fourth-order valence-electron chi connectivity index (χ4n) is 1.23. The van der Waals surface area contributed by atoms with Gasteiger partial charge in [0.25, 0.3) is 0 Å². The molecule has 1 amide bonds. The van der Waals surface area contributed by atoms with Gasteiger partial charge in [-0.15, -0.1) is 0 Å². The highest BCUT2D eigenvalue weighted by Gasteiger charge is 2.27. The molecule has 1 aliphatic heterocycles. The smallest absolute Gasteiger partial charge is 0.245 e. The number of nitrogens with zero attached hydrogens (tertiary/aromatic N) is 2. The van der Waals surface area contributed by atoms with Crippen molar-refractivity contribution in [3.05, 3.63) is 0 Å². The minimum Gasteiger partial charge on any atom is -0.377 e. The molecular formula is C8H13N3O2. The van der Waals surface area contributed by atoms with E-state index in [1.807, 2.05) is 13.1 Å². The van der Waals surface area contributed by atoms with Gasteiger partial charge in [0.05, 0.1) is 19.8 Å². The lowest BCUT2D eigenvalue weighted by Crippen LogP contribution is -2.51. The van der Waals surface area contributed by atoms with Gasteiger partial charge in [0.2, 0.25) is 5.91 Å². The number of hydrogen-bond donors (Lipinski definition) is 1. The van der Waals surface area contributed by atoms with Crippen molar-refractivity contribution in [3.63, 3.8) is 0 Å². The van der Waals surface area contributed by atoms with Gasteiger partial charge in [-0.1, -0.05) is 0 Å². The largest absolute Gasteiger partial charge is 0.377 e. The minimum atomic E-state index is -0.446. The third kappa shape index (κ3) is 2.33. The summed E-state index contributed by atoms with van der Waals surface area (Å²) in [4.78, 5) is 12.8. The Bertz CT molecular complexity index is 224. The lowest BCUT2D eigenvalue weighted by molar-refractivity contribution is -0.130. The number of hydrogen-bond acceptors (Lipinski definition) is 4. The first-order valence-electron chi connectivity index (χ1n) is 4.31. The van der Waals surface area contributed by atoms with E-state index in [0.717, 1.165) is 0 Å². The molecule has 1 rings (SSSR count). The van der Waals surface area contributed by atoms with Crippen LogP contribution in [0.2, 0.25) is 0 Å². The summed E-state index contributed by atoms with van der Waals surface area (Å²) in [6.45, 7) is 3.74. The van der Waals surface area contributed by atoms with Crippen LogP contribution in [0.5, 0.6) is 0 Å². The normalized spacial score (nSPS) is 22.2. The summed E-state index contributed by atoms with van der Waals surface area (Å²) in [6, 6.07) is -0.446. The molecule has 5 heteroatoms. The van der Waals surface area contributed by atoms with E-state index in [2.05, 4.69) is 5.32 Å². The molecule has 0 bridgehead atoms. The fraction of sp³-hybridized carbons (Fsp3) is 0.750. The van der Waals surface area contributed by atoms with E-state index >= 15 is 0 Å². The highest BCUT2D eigenvalue weighted by atomic mass is 16.5. The average molecular weight is 183 g/mol. The highest BCUT2D eigenvalue weighted by Crippen LogP contribution is 2.04. The molecule has 1 unspecified atom stereocenters. The molecule has 0 spiro atoms. The first-order valence-corrected chi connectivity index (χ1v) is 4.31. The molecule has 1 heterocycles. The highest BCUT2D eigenvalue weighted by molar-refractivity contribution is 5.82. The van der Waals surface area contributed by atoms with Gasteiger partial charge in [0.1, 0.15) is 6.04 Å². The maximum Gasteiger partial charge on any atom is 0.245 e. The van der Waals surface area contributed by atoms with Crippen molar-refractivity contribution in [2.24, 2.45) is 0 Å². The minimum absolute atomic E-state index is 0.135. The van der Waals surface area contributed by atoms with Crippen LogP contribution in [-0.2, 0) is 9.53 Å². The first kappa shape index (κ1) is 9.81. The standard InChI is InChI=1S/C8H13N3O2/c1-2-10-8(12)7-5-13-4-3-11(7)6-9/h7H,2-5H2,1H3,(H,10,12). The maximum atomic E-state index is 11.4. The molecule has 13 heavy (non-hydrogen) atoms. The number of nitrogens with one attached hydrogen (secondary N) is 1. The number of morpholine rings is 1. The number of ether oxygens (including phenoxy) is 1. The van der Waals surface area contributed by atoms with Crippen molar-refractivity contribution in [2.75, 3.05) is 26.3 Å². The molecule has 0 aromatic heterocycles. The molecule has 0 aromatic rings. The Balaban J connectivity index is 2.54. The summed E-state index contributed by atoms with van der Waals surface area (Å²) in [5.74, 6) is -0.135. The van der Waals surface area contributed by atoms with Gasteiger partial charge in [-0.05, 0) is 6.92 Å². The lowest BCUT2D eigenvalue weighted by atomic mass is 10.2. The van der Waals surface area contributed by atoms with Crippen LogP contribution < -0.4 is 5.32 Å². The Morgan fingerprint density at radius 1 is 1.85 bits per heavy atom. The summed E-state index contributed by atoms with van der Waals surface area (Å²) in [7, 11) is 0. The van der Waals surface area contributed by atoms with E-state index in [0.29, 0.717) is 26.3 Å². The molecule has 1 N–H and O–H groups in total. The van der Waals surface area contributed by atoms with E-state index in [4.69, 9.17) is 10.00 Å². The summed E-state index contributed by atoms with van der Waals surface area (Å²) in [5.41, 5.74) is 0. The van der Waals surface area contributed by atoms with Crippen LogP contribution in [-0.4, -0.2) is 43.2 Å². The topological polar surface area (TPSA) is 65.4 Å². The zero-order valence-corrected chi connectivity index (χ0v) is 7.62. The van der Waals surface area contributed by atoms with Crippen molar-refractivity contribution < 1.29 is 9.53 Å². The zero-order chi connectivity index (χ0) is 9.68. The van der Waals surface area contributed by atoms with Crippen molar-refractivity contribution in [3.8, 4) is 6.19 Å². The van der Waals surface area contributed by atoms with Gasteiger partial charge >= 0.3 is 0 Å².